The van der Waals surface area contributed by atoms with E-state index in [-0.39, 0.29) is 25.0 Å². The molecule has 1 aliphatic heterocycles. The lowest BCUT2D eigenvalue weighted by molar-refractivity contribution is 0.0639. The van der Waals surface area contributed by atoms with Gasteiger partial charge in [-0.2, -0.15) is 5.10 Å². The summed E-state index contributed by atoms with van der Waals surface area (Å²) in [5, 5.41) is 15.6. The van der Waals surface area contributed by atoms with Gasteiger partial charge in [-0.25, -0.2) is 0 Å². The Morgan fingerprint density at radius 1 is 1.16 bits per heavy atom. The van der Waals surface area contributed by atoms with Crippen LogP contribution in [0.15, 0.2) is 30.5 Å². The summed E-state index contributed by atoms with van der Waals surface area (Å²) in [6.45, 7) is -0.1000. The number of imide groups is 1. The molecule has 19 heavy (non-hydrogen) atoms. The van der Waals surface area contributed by atoms with Crippen molar-refractivity contribution in [2.24, 2.45) is 0 Å². The maximum Gasteiger partial charge on any atom is 0.261 e. The number of carbonyl (C=O) groups is 2. The summed E-state index contributed by atoms with van der Waals surface area (Å²) in [5.41, 5.74) is 1.98. The molecule has 2 heterocycles. The lowest BCUT2D eigenvalue weighted by atomic mass is 10.1. The number of hydrogen-bond acceptors (Lipinski definition) is 4. The number of aliphatic hydroxyl groups excluding tert-OH is 1. The smallest absolute Gasteiger partial charge is 0.261 e. The van der Waals surface area contributed by atoms with E-state index in [0.717, 1.165) is 4.90 Å². The molecule has 0 spiro atoms. The molecule has 0 unspecified atom stereocenters. The lowest BCUT2D eigenvalue weighted by Crippen LogP contribution is -2.29. The molecule has 0 saturated carbocycles. The number of benzene rings is 1. The molecule has 1 aromatic heterocycles. The van der Waals surface area contributed by atoms with Gasteiger partial charge < -0.3 is 5.11 Å². The highest BCUT2D eigenvalue weighted by molar-refractivity contribution is 6.21. The third-order valence-corrected chi connectivity index (χ3v) is 3.17. The number of aromatic nitrogens is 2. The lowest BCUT2D eigenvalue weighted by Gasteiger charge is -2.13. The minimum Gasteiger partial charge on any atom is -0.392 e. The Morgan fingerprint density at radius 3 is 2.37 bits per heavy atom. The predicted molar refractivity (Wildman–Crippen MR) is 65.2 cm³/mol. The summed E-state index contributed by atoms with van der Waals surface area (Å²) in [5.74, 6) is -0.641. The van der Waals surface area contributed by atoms with Crippen molar-refractivity contribution >= 4 is 11.8 Å². The maximum absolute atomic E-state index is 12.1. The zero-order chi connectivity index (χ0) is 13.4. The standard InChI is InChI=1S/C13H11N3O3/c17-7-8-5-14-15-11(8)6-16-12(18)9-3-1-2-4-10(9)13(16)19/h1-5,17H,6-7H2,(H,14,15). The van der Waals surface area contributed by atoms with Crippen molar-refractivity contribution in [1.82, 2.24) is 15.1 Å². The molecule has 1 aliphatic rings. The molecule has 0 saturated heterocycles. The number of H-pyrrole nitrogens is 1. The fraction of sp³-hybridized carbons (Fsp3) is 0.154. The fourth-order valence-electron chi connectivity index (χ4n) is 2.15. The average Bonchev–Trinajstić information content (AvgIpc) is 2.98. The molecule has 2 aromatic rings. The van der Waals surface area contributed by atoms with Crippen LogP contribution in [0.4, 0.5) is 0 Å². The number of hydrogen-bond donors (Lipinski definition) is 2. The van der Waals surface area contributed by atoms with Gasteiger partial charge in [-0.3, -0.25) is 19.6 Å². The first-order valence-electron chi connectivity index (χ1n) is 5.79. The van der Waals surface area contributed by atoms with Gasteiger partial charge in [0.1, 0.15) is 0 Å². The SMILES string of the molecule is O=C1c2ccccc2C(=O)N1Cc1[nH]ncc1CO. The van der Waals surface area contributed by atoms with E-state index < -0.39 is 0 Å². The van der Waals surface area contributed by atoms with Crippen LogP contribution in [0.3, 0.4) is 0 Å². The average molecular weight is 257 g/mol. The second kappa shape index (κ2) is 4.33. The molecule has 6 heteroatoms. The van der Waals surface area contributed by atoms with Gasteiger partial charge in [0, 0.05) is 5.56 Å². The van der Waals surface area contributed by atoms with E-state index >= 15 is 0 Å². The summed E-state index contributed by atoms with van der Waals surface area (Å²) in [7, 11) is 0. The molecule has 6 nitrogen and oxygen atoms in total. The van der Waals surface area contributed by atoms with Crippen LogP contribution in [-0.4, -0.2) is 32.0 Å². The summed E-state index contributed by atoms with van der Waals surface area (Å²) >= 11 is 0. The van der Waals surface area contributed by atoms with E-state index in [9.17, 15) is 9.59 Å². The molecular formula is C13H11N3O3. The second-order valence-corrected chi connectivity index (χ2v) is 4.27. The molecule has 3 rings (SSSR count). The summed E-state index contributed by atoms with van der Waals surface area (Å²) in [6, 6.07) is 6.72. The largest absolute Gasteiger partial charge is 0.392 e. The zero-order valence-corrected chi connectivity index (χ0v) is 9.96. The number of aromatic amines is 1. The van der Waals surface area contributed by atoms with Crippen LogP contribution < -0.4 is 0 Å². The van der Waals surface area contributed by atoms with E-state index in [1.807, 2.05) is 0 Å². The molecule has 2 amide bonds. The molecule has 0 radical (unpaired) electrons. The van der Waals surface area contributed by atoms with Crippen LogP contribution in [0.2, 0.25) is 0 Å². The summed E-state index contributed by atoms with van der Waals surface area (Å²) in [4.78, 5) is 25.4. The maximum atomic E-state index is 12.1. The van der Waals surface area contributed by atoms with Gasteiger partial charge in [0.15, 0.2) is 0 Å². The highest BCUT2D eigenvalue weighted by Gasteiger charge is 2.35. The third-order valence-electron chi connectivity index (χ3n) is 3.17. The van der Waals surface area contributed by atoms with Crippen LogP contribution in [0.25, 0.3) is 0 Å². The number of amides is 2. The Kier molecular flexibility index (Phi) is 2.64. The van der Waals surface area contributed by atoms with E-state index in [4.69, 9.17) is 5.11 Å². The van der Waals surface area contributed by atoms with Gasteiger partial charge >= 0.3 is 0 Å². The van der Waals surface area contributed by atoms with Gasteiger partial charge in [0.05, 0.1) is 36.2 Å². The number of carbonyl (C=O) groups excluding carboxylic acids is 2. The minimum atomic E-state index is -0.320. The van der Waals surface area contributed by atoms with Gasteiger partial charge in [-0.05, 0) is 12.1 Å². The monoisotopic (exact) mass is 257 g/mol. The number of fused-ring (bicyclic) bond motifs is 1. The van der Waals surface area contributed by atoms with Crippen LogP contribution >= 0.6 is 0 Å². The van der Waals surface area contributed by atoms with Crippen LogP contribution in [0, 0.1) is 0 Å². The third kappa shape index (κ3) is 1.73. The summed E-state index contributed by atoms with van der Waals surface area (Å²) in [6.07, 6.45) is 1.48. The van der Waals surface area contributed by atoms with Crippen molar-refractivity contribution in [2.45, 2.75) is 13.2 Å². The quantitative estimate of drug-likeness (QED) is 0.792. The first-order chi connectivity index (χ1) is 9.22. The van der Waals surface area contributed by atoms with E-state index in [1.54, 1.807) is 24.3 Å². The molecule has 1 aromatic carbocycles. The van der Waals surface area contributed by atoms with Crippen LogP contribution in [0.1, 0.15) is 32.0 Å². The number of nitrogens with one attached hydrogen (secondary N) is 1. The fourth-order valence-corrected chi connectivity index (χ4v) is 2.15. The van der Waals surface area contributed by atoms with Crippen LogP contribution in [0.5, 0.6) is 0 Å². The first-order valence-corrected chi connectivity index (χ1v) is 5.79. The number of aliphatic hydroxyl groups is 1. The Labute approximate surface area is 108 Å². The van der Waals surface area contributed by atoms with Crippen molar-refractivity contribution in [3.05, 3.63) is 52.8 Å². The van der Waals surface area contributed by atoms with E-state index in [0.29, 0.717) is 22.4 Å². The molecule has 2 N–H and O–H groups in total. The highest BCUT2D eigenvalue weighted by Crippen LogP contribution is 2.24. The first kappa shape index (κ1) is 11.6. The number of nitrogens with zero attached hydrogens (tertiary/aromatic N) is 2. The topological polar surface area (TPSA) is 86.3 Å². The Morgan fingerprint density at radius 2 is 1.79 bits per heavy atom. The predicted octanol–water partition coefficient (Wildman–Crippen LogP) is 0.698. The van der Waals surface area contributed by atoms with Gasteiger partial charge in [-0.1, -0.05) is 12.1 Å². The van der Waals surface area contributed by atoms with E-state index in [2.05, 4.69) is 10.2 Å². The van der Waals surface area contributed by atoms with Gasteiger partial charge in [0.2, 0.25) is 0 Å². The molecule has 0 aliphatic carbocycles. The molecule has 96 valence electrons. The van der Waals surface area contributed by atoms with Gasteiger partial charge in [-0.15, -0.1) is 0 Å². The normalized spacial score (nSPS) is 14.1. The van der Waals surface area contributed by atoms with Crippen LogP contribution in [-0.2, 0) is 13.2 Å². The molecule has 0 bridgehead atoms. The second-order valence-electron chi connectivity index (χ2n) is 4.27. The van der Waals surface area contributed by atoms with E-state index in [1.165, 1.54) is 6.20 Å². The van der Waals surface area contributed by atoms with Crippen molar-refractivity contribution in [2.75, 3.05) is 0 Å². The van der Waals surface area contributed by atoms with Crippen molar-refractivity contribution in [1.29, 1.82) is 0 Å². The van der Waals surface area contributed by atoms with Crippen molar-refractivity contribution < 1.29 is 14.7 Å². The van der Waals surface area contributed by atoms with Crippen molar-refractivity contribution in [3.8, 4) is 0 Å². The molecule has 0 atom stereocenters. The Balaban J connectivity index is 1.93. The van der Waals surface area contributed by atoms with Crippen molar-refractivity contribution in [3.63, 3.8) is 0 Å². The zero-order valence-electron chi connectivity index (χ0n) is 9.96. The molecular weight excluding hydrogens is 246 g/mol. The van der Waals surface area contributed by atoms with Gasteiger partial charge in [0.25, 0.3) is 11.8 Å². The summed E-state index contributed by atoms with van der Waals surface area (Å²) < 4.78 is 0. The Hall–Kier alpha value is -2.47. The Bertz CT molecular complexity index is 628. The minimum absolute atomic E-state index is 0.0856. The molecule has 0 fully saturated rings. The number of rotatable bonds is 3. The highest BCUT2D eigenvalue weighted by atomic mass is 16.3.